The smallest absolute Gasteiger partial charge is 0.314 e. The molecule has 1 heterocycles. The second-order valence-electron chi connectivity index (χ2n) is 7.67. The molecule has 0 bridgehead atoms. The van der Waals surface area contributed by atoms with E-state index in [9.17, 15) is 9.59 Å². The molecule has 2 aromatic carbocycles. The maximum absolute atomic E-state index is 13.0. The van der Waals surface area contributed by atoms with Crippen molar-refractivity contribution in [1.82, 2.24) is 0 Å². The van der Waals surface area contributed by atoms with Crippen LogP contribution in [0.5, 0.6) is 0 Å². The Labute approximate surface area is 159 Å². The van der Waals surface area contributed by atoms with Crippen LogP contribution < -0.4 is 5.32 Å². The highest BCUT2D eigenvalue weighted by molar-refractivity contribution is 5.99. The van der Waals surface area contributed by atoms with E-state index in [-0.39, 0.29) is 30.3 Å². The molecule has 1 aliphatic heterocycles. The van der Waals surface area contributed by atoms with Gasteiger partial charge in [-0.1, -0.05) is 54.4 Å². The van der Waals surface area contributed by atoms with Gasteiger partial charge in [0.15, 0.2) is 0 Å². The van der Waals surface area contributed by atoms with Gasteiger partial charge in [0, 0.05) is 18.0 Å². The molecular weight excluding hydrogens is 338 g/mol. The molecular formula is C23H25NO3. The number of fused-ring (bicyclic) bond motifs is 1. The van der Waals surface area contributed by atoms with Crippen LogP contribution >= 0.6 is 0 Å². The summed E-state index contributed by atoms with van der Waals surface area (Å²) in [4.78, 5) is 25.0. The molecule has 0 radical (unpaired) electrons. The maximum Gasteiger partial charge on any atom is 0.314 e. The SMILES string of the molecule is Cc1ccc([C@@H]2CCCC[C@@H]2OC(=O)[C@@H]2CC(=O)Nc3ccccc32)cc1. The van der Waals surface area contributed by atoms with E-state index >= 15 is 0 Å². The van der Waals surface area contributed by atoms with Crippen molar-refractivity contribution in [3.8, 4) is 0 Å². The Kier molecular flexibility index (Phi) is 4.97. The first-order valence-electron chi connectivity index (χ1n) is 9.77. The first-order chi connectivity index (χ1) is 13.1. The van der Waals surface area contributed by atoms with E-state index in [4.69, 9.17) is 4.74 Å². The van der Waals surface area contributed by atoms with Crippen molar-refractivity contribution < 1.29 is 14.3 Å². The second-order valence-corrected chi connectivity index (χ2v) is 7.67. The highest BCUT2D eigenvalue weighted by Crippen LogP contribution is 2.38. The summed E-state index contributed by atoms with van der Waals surface area (Å²) in [5.41, 5.74) is 4.03. The zero-order chi connectivity index (χ0) is 18.8. The van der Waals surface area contributed by atoms with E-state index in [1.165, 1.54) is 11.1 Å². The fourth-order valence-electron chi connectivity index (χ4n) is 4.29. The number of para-hydroxylation sites is 1. The molecule has 0 spiro atoms. The van der Waals surface area contributed by atoms with Crippen molar-refractivity contribution in [2.45, 2.75) is 57.0 Å². The van der Waals surface area contributed by atoms with Crippen LogP contribution in [0, 0.1) is 6.92 Å². The summed E-state index contributed by atoms with van der Waals surface area (Å²) in [6.45, 7) is 2.08. The fourth-order valence-corrected chi connectivity index (χ4v) is 4.29. The molecule has 0 aromatic heterocycles. The molecule has 1 fully saturated rings. The van der Waals surface area contributed by atoms with Gasteiger partial charge in [0.05, 0.1) is 5.92 Å². The van der Waals surface area contributed by atoms with Gasteiger partial charge in [-0.2, -0.15) is 0 Å². The maximum atomic E-state index is 13.0. The number of anilines is 1. The number of ether oxygens (including phenoxy) is 1. The van der Waals surface area contributed by atoms with Crippen molar-refractivity contribution in [2.24, 2.45) is 0 Å². The number of carbonyl (C=O) groups is 2. The molecule has 1 amide bonds. The number of amides is 1. The number of nitrogens with one attached hydrogen (secondary N) is 1. The molecule has 1 N–H and O–H groups in total. The summed E-state index contributed by atoms with van der Waals surface area (Å²) in [6, 6.07) is 16.0. The third kappa shape index (κ3) is 3.75. The van der Waals surface area contributed by atoms with Crippen molar-refractivity contribution in [3.05, 3.63) is 65.2 Å². The lowest BCUT2D eigenvalue weighted by Crippen LogP contribution is -2.34. The molecule has 4 heteroatoms. The lowest BCUT2D eigenvalue weighted by molar-refractivity contribution is -0.154. The molecule has 4 nitrogen and oxygen atoms in total. The zero-order valence-electron chi connectivity index (χ0n) is 15.6. The van der Waals surface area contributed by atoms with Gasteiger partial charge < -0.3 is 10.1 Å². The Morgan fingerprint density at radius 1 is 1.04 bits per heavy atom. The molecule has 1 aliphatic carbocycles. The van der Waals surface area contributed by atoms with Gasteiger partial charge in [0.1, 0.15) is 6.10 Å². The standard InChI is InChI=1S/C23H25NO3/c1-15-10-12-16(13-11-15)17-6-3-5-9-21(17)27-23(26)19-14-22(25)24-20-8-4-2-7-18(19)20/h2,4,7-8,10-13,17,19,21H,3,5-6,9,14H2,1H3,(H,24,25)/t17-,19+,21-/m0/s1. The summed E-state index contributed by atoms with van der Waals surface area (Å²) in [6.07, 6.45) is 4.17. The predicted octanol–water partition coefficient (Wildman–Crippen LogP) is 4.69. The lowest BCUT2D eigenvalue weighted by atomic mass is 9.81. The Morgan fingerprint density at radius 2 is 1.78 bits per heavy atom. The zero-order valence-corrected chi connectivity index (χ0v) is 15.6. The van der Waals surface area contributed by atoms with Crippen LogP contribution in [-0.2, 0) is 14.3 Å². The van der Waals surface area contributed by atoms with Gasteiger partial charge in [-0.25, -0.2) is 0 Å². The Balaban J connectivity index is 1.54. The molecule has 4 rings (SSSR count). The number of hydrogen-bond donors (Lipinski definition) is 1. The van der Waals surface area contributed by atoms with Crippen molar-refractivity contribution in [2.75, 3.05) is 5.32 Å². The van der Waals surface area contributed by atoms with Gasteiger partial charge in [0.2, 0.25) is 5.91 Å². The van der Waals surface area contributed by atoms with Gasteiger partial charge in [0.25, 0.3) is 0 Å². The quantitative estimate of drug-likeness (QED) is 0.805. The number of esters is 1. The van der Waals surface area contributed by atoms with E-state index in [1.54, 1.807) is 0 Å². The third-order valence-corrected chi connectivity index (χ3v) is 5.76. The second kappa shape index (κ2) is 7.55. The largest absolute Gasteiger partial charge is 0.461 e. The lowest BCUT2D eigenvalue weighted by Gasteiger charge is -2.33. The number of aryl methyl sites for hydroxylation is 1. The molecule has 0 saturated heterocycles. The van der Waals surface area contributed by atoms with Gasteiger partial charge in [-0.05, 0) is 43.4 Å². The van der Waals surface area contributed by atoms with Crippen molar-refractivity contribution in [1.29, 1.82) is 0 Å². The van der Waals surface area contributed by atoms with Crippen molar-refractivity contribution in [3.63, 3.8) is 0 Å². The van der Waals surface area contributed by atoms with Gasteiger partial charge in [-0.15, -0.1) is 0 Å². The molecule has 0 unspecified atom stereocenters. The fraction of sp³-hybridized carbons (Fsp3) is 0.391. The summed E-state index contributed by atoms with van der Waals surface area (Å²) >= 11 is 0. The molecule has 1 saturated carbocycles. The van der Waals surface area contributed by atoms with E-state index in [2.05, 4.69) is 36.5 Å². The van der Waals surface area contributed by atoms with E-state index < -0.39 is 5.92 Å². The van der Waals surface area contributed by atoms with Crippen LogP contribution in [0.15, 0.2) is 48.5 Å². The first-order valence-corrected chi connectivity index (χ1v) is 9.77. The van der Waals surface area contributed by atoms with E-state index in [0.29, 0.717) is 0 Å². The van der Waals surface area contributed by atoms with E-state index in [0.717, 1.165) is 36.9 Å². The highest BCUT2D eigenvalue weighted by Gasteiger charge is 2.36. The average Bonchev–Trinajstić information content (AvgIpc) is 2.68. The van der Waals surface area contributed by atoms with Gasteiger partial charge in [-0.3, -0.25) is 9.59 Å². The Hall–Kier alpha value is -2.62. The average molecular weight is 363 g/mol. The summed E-state index contributed by atoms with van der Waals surface area (Å²) in [5, 5.41) is 2.84. The minimum atomic E-state index is -0.518. The minimum Gasteiger partial charge on any atom is -0.461 e. The van der Waals surface area contributed by atoms with Crippen LogP contribution in [0.25, 0.3) is 0 Å². The molecule has 2 aliphatic rings. The number of rotatable bonds is 3. The summed E-state index contributed by atoms with van der Waals surface area (Å²) < 4.78 is 6.01. The number of carbonyl (C=O) groups excluding carboxylic acids is 2. The summed E-state index contributed by atoms with van der Waals surface area (Å²) in [7, 11) is 0. The third-order valence-electron chi connectivity index (χ3n) is 5.76. The Morgan fingerprint density at radius 3 is 2.59 bits per heavy atom. The number of benzene rings is 2. The van der Waals surface area contributed by atoms with Crippen LogP contribution in [0.4, 0.5) is 5.69 Å². The molecule has 3 atom stereocenters. The molecule has 140 valence electrons. The molecule has 27 heavy (non-hydrogen) atoms. The van der Waals surface area contributed by atoms with Crippen LogP contribution in [0.1, 0.15) is 60.6 Å². The predicted molar refractivity (Wildman–Crippen MR) is 105 cm³/mol. The number of hydrogen-bond acceptors (Lipinski definition) is 3. The normalized spacial score (nSPS) is 24.6. The first kappa shape index (κ1) is 17.8. The molecule has 2 aromatic rings. The van der Waals surface area contributed by atoms with E-state index in [1.807, 2.05) is 24.3 Å². The van der Waals surface area contributed by atoms with Gasteiger partial charge >= 0.3 is 5.97 Å². The van der Waals surface area contributed by atoms with Crippen LogP contribution in [-0.4, -0.2) is 18.0 Å². The topological polar surface area (TPSA) is 55.4 Å². The monoisotopic (exact) mass is 363 g/mol. The van der Waals surface area contributed by atoms with Crippen LogP contribution in [0.3, 0.4) is 0 Å². The van der Waals surface area contributed by atoms with Crippen molar-refractivity contribution >= 4 is 17.6 Å². The Bertz CT molecular complexity index is 843. The highest BCUT2D eigenvalue weighted by atomic mass is 16.5. The minimum absolute atomic E-state index is 0.119. The summed E-state index contributed by atoms with van der Waals surface area (Å²) in [5.74, 6) is -0.692. The van der Waals surface area contributed by atoms with Crippen LogP contribution in [0.2, 0.25) is 0 Å².